The number of para-hydroxylation sites is 1. The van der Waals surface area contributed by atoms with Crippen LogP contribution in [0.3, 0.4) is 0 Å². The zero-order chi connectivity index (χ0) is 19.8. The number of benzene rings is 2. The van der Waals surface area contributed by atoms with Gasteiger partial charge in [0, 0.05) is 23.6 Å². The van der Waals surface area contributed by atoms with Crippen LogP contribution < -0.4 is 5.32 Å². The molecule has 0 aliphatic carbocycles. The maximum atomic E-state index is 13.6. The van der Waals surface area contributed by atoms with E-state index in [1.807, 2.05) is 0 Å². The molecule has 0 saturated heterocycles. The Morgan fingerprint density at radius 3 is 2.41 bits per heavy atom. The Hall–Kier alpha value is -1.76. The van der Waals surface area contributed by atoms with Crippen molar-refractivity contribution < 1.29 is 14.0 Å². The molecule has 0 aromatic heterocycles. The fourth-order valence-electron chi connectivity index (χ4n) is 2.31. The normalized spacial score (nSPS) is 10.5. The molecule has 2 aromatic rings. The van der Waals surface area contributed by atoms with E-state index in [-0.39, 0.29) is 30.6 Å². The Morgan fingerprint density at radius 1 is 1.11 bits per heavy atom. The van der Waals surface area contributed by atoms with E-state index < -0.39 is 0 Å². The SMILES string of the molecule is CCN(CC(=O)Nc1c(Cl)cccc1Cl)C(=O)CCSc1ccccc1F. The van der Waals surface area contributed by atoms with Crippen LogP contribution in [0.15, 0.2) is 47.4 Å². The largest absolute Gasteiger partial charge is 0.334 e. The molecule has 0 aliphatic rings. The number of anilines is 1. The first kappa shape index (κ1) is 21.5. The van der Waals surface area contributed by atoms with Crippen LogP contribution in [-0.2, 0) is 9.59 Å². The zero-order valence-electron chi connectivity index (χ0n) is 14.7. The molecule has 0 heterocycles. The lowest BCUT2D eigenvalue weighted by atomic mass is 10.3. The molecule has 0 spiro atoms. The van der Waals surface area contributed by atoms with Crippen molar-refractivity contribution in [2.45, 2.75) is 18.2 Å². The monoisotopic (exact) mass is 428 g/mol. The predicted octanol–water partition coefficient (Wildman–Crippen LogP) is 5.10. The third-order valence-corrected chi connectivity index (χ3v) is 5.39. The summed E-state index contributed by atoms with van der Waals surface area (Å²) in [6, 6.07) is 11.3. The third-order valence-electron chi connectivity index (χ3n) is 3.71. The Labute approximate surface area is 172 Å². The van der Waals surface area contributed by atoms with E-state index in [9.17, 15) is 14.0 Å². The maximum Gasteiger partial charge on any atom is 0.244 e. The van der Waals surface area contributed by atoms with Crippen LogP contribution in [-0.4, -0.2) is 35.6 Å². The standard InChI is InChI=1S/C19H19Cl2FN2O2S/c1-2-24(12-17(25)23-19-13(20)6-5-7-14(19)21)18(26)10-11-27-16-9-4-3-8-15(16)22/h3-9H,2,10-12H2,1H3,(H,23,25). The maximum absolute atomic E-state index is 13.6. The summed E-state index contributed by atoms with van der Waals surface area (Å²) in [6.45, 7) is 2.06. The lowest BCUT2D eigenvalue weighted by Gasteiger charge is -2.20. The van der Waals surface area contributed by atoms with Gasteiger partial charge in [-0.15, -0.1) is 11.8 Å². The number of thioether (sulfide) groups is 1. The highest BCUT2D eigenvalue weighted by molar-refractivity contribution is 7.99. The Bertz CT molecular complexity index is 800. The van der Waals surface area contributed by atoms with Crippen molar-refractivity contribution in [2.75, 3.05) is 24.2 Å². The fourth-order valence-corrected chi connectivity index (χ4v) is 3.68. The summed E-state index contributed by atoms with van der Waals surface area (Å²) in [6.07, 6.45) is 0.201. The van der Waals surface area contributed by atoms with Crippen molar-refractivity contribution in [3.63, 3.8) is 0 Å². The summed E-state index contributed by atoms with van der Waals surface area (Å²) in [4.78, 5) is 26.5. The average Bonchev–Trinajstić information content (AvgIpc) is 2.64. The summed E-state index contributed by atoms with van der Waals surface area (Å²) in [7, 11) is 0. The van der Waals surface area contributed by atoms with E-state index >= 15 is 0 Å². The van der Waals surface area contributed by atoms with Crippen molar-refractivity contribution in [1.82, 2.24) is 4.90 Å². The van der Waals surface area contributed by atoms with Gasteiger partial charge in [-0.2, -0.15) is 0 Å². The molecule has 0 fully saturated rings. The van der Waals surface area contributed by atoms with Gasteiger partial charge in [0.2, 0.25) is 11.8 Å². The van der Waals surface area contributed by atoms with Crippen molar-refractivity contribution in [2.24, 2.45) is 0 Å². The van der Waals surface area contributed by atoms with Gasteiger partial charge in [0.15, 0.2) is 0 Å². The second-order valence-corrected chi connectivity index (χ2v) is 7.53. The number of amides is 2. The van der Waals surface area contributed by atoms with E-state index in [1.54, 1.807) is 43.3 Å². The van der Waals surface area contributed by atoms with Crippen molar-refractivity contribution in [1.29, 1.82) is 0 Å². The fraction of sp³-hybridized carbons (Fsp3) is 0.263. The van der Waals surface area contributed by atoms with Crippen LogP contribution in [0.25, 0.3) is 0 Å². The second kappa shape index (κ2) is 10.5. The lowest BCUT2D eigenvalue weighted by molar-refractivity contribution is -0.134. The molecule has 8 heteroatoms. The first-order chi connectivity index (χ1) is 12.9. The quantitative estimate of drug-likeness (QED) is 0.594. The molecule has 0 atom stereocenters. The van der Waals surface area contributed by atoms with Gasteiger partial charge in [-0.25, -0.2) is 4.39 Å². The number of carbonyl (C=O) groups is 2. The molecule has 27 heavy (non-hydrogen) atoms. The number of nitrogens with one attached hydrogen (secondary N) is 1. The Morgan fingerprint density at radius 2 is 1.78 bits per heavy atom. The average molecular weight is 429 g/mol. The summed E-state index contributed by atoms with van der Waals surface area (Å²) >= 11 is 13.3. The summed E-state index contributed by atoms with van der Waals surface area (Å²) < 4.78 is 13.6. The Balaban J connectivity index is 1.87. The molecule has 0 bridgehead atoms. The van der Waals surface area contributed by atoms with Gasteiger partial charge in [-0.1, -0.05) is 41.4 Å². The summed E-state index contributed by atoms with van der Waals surface area (Å²) in [5, 5.41) is 3.29. The Kier molecular flexibility index (Phi) is 8.41. The van der Waals surface area contributed by atoms with Crippen LogP contribution >= 0.6 is 35.0 Å². The lowest BCUT2D eigenvalue weighted by Crippen LogP contribution is -2.38. The minimum absolute atomic E-state index is 0.110. The van der Waals surface area contributed by atoms with E-state index in [2.05, 4.69) is 5.32 Å². The molecule has 4 nitrogen and oxygen atoms in total. The number of likely N-dealkylation sites (N-methyl/N-ethyl adjacent to an activating group) is 1. The van der Waals surface area contributed by atoms with Crippen LogP contribution in [0.4, 0.5) is 10.1 Å². The van der Waals surface area contributed by atoms with Gasteiger partial charge in [0.1, 0.15) is 5.82 Å². The molecule has 0 unspecified atom stereocenters. The molecule has 0 saturated carbocycles. The first-order valence-corrected chi connectivity index (χ1v) is 10.1. The number of rotatable bonds is 8. The van der Waals surface area contributed by atoms with Gasteiger partial charge in [0.05, 0.1) is 22.3 Å². The highest BCUT2D eigenvalue weighted by Gasteiger charge is 2.17. The predicted molar refractivity (Wildman–Crippen MR) is 109 cm³/mol. The van der Waals surface area contributed by atoms with Crippen LogP contribution in [0, 0.1) is 5.82 Å². The van der Waals surface area contributed by atoms with Gasteiger partial charge in [-0.05, 0) is 31.2 Å². The topological polar surface area (TPSA) is 49.4 Å². The van der Waals surface area contributed by atoms with Gasteiger partial charge in [0.25, 0.3) is 0 Å². The number of hydrogen-bond acceptors (Lipinski definition) is 3. The highest BCUT2D eigenvalue weighted by Crippen LogP contribution is 2.29. The zero-order valence-corrected chi connectivity index (χ0v) is 17.0. The van der Waals surface area contributed by atoms with Crippen LogP contribution in [0.1, 0.15) is 13.3 Å². The van der Waals surface area contributed by atoms with Crippen LogP contribution in [0.5, 0.6) is 0 Å². The van der Waals surface area contributed by atoms with E-state index in [0.717, 1.165) is 0 Å². The molecular formula is C19H19Cl2FN2O2S. The molecule has 144 valence electrons. The second-order valence-electron chi connectivity index (χ2n) is 5.58. The molecular weight excluding hydrogens is 410 g/mol. The number of carbonyl (C=O) groups excluding carboxylic acids is 2. The molecule has 1 N–H and O–H groups in total. The molecule has 0 aliphatic heterocycles. The number of nitrogens with zero attached hydrogens (tertiary/aromatic N) is 1. The molecule has 2 aromatic carbocycles. The van der Waals surface area contributed by atoms with Gasteiger partial charge >= 0.3 is 0 Å². The molecule has 2 rings (SSSR count). The van der Waals surface area contributed by atoms with E-state index in [0.29, 0.717) is 32.9 Å². The van der Waals surface area contributed by atoms with Crippen molar-refractivity contribution in [3.8, 4) is 0 Å². The van der Waals surface area contributed by atoms with Crippen LogP contribution in [0.2, 0.25) is 10.0 Å². The third kappa shape index (κ3) is 6.41. The minimum atomic E-state index is -0.387. The minimum Gasteiger partial charge on any atom is -0.334 e. The number of hydrogen-bond donors (Lipinski definition) is 1. The first-order valence-electron chi connectivity index (χ1n) is 8.31. The van der Waals surface area contributed by atoms with E-state index in [1.165, 1.54) is 22.7 Å². The van der Waals surface area contributed by atoms with Gasteiger partial charge in [-0.3, -0.25) is 9.59 Å². The van der Waals surface area contributed by atoms with E-state index in [4.69, 9.17) is 23.2 Å². The number of halogens is 3. The molecule has 2 amide bonds. The smallest absolute Gasteiger partial charge is 0.244 e. The highest BCUT2D eigenvalue weighted by atomic mass is 35.5. The summed E-state index contributed by atoms with van der Waals surface area (Å²) in [5.41, 5.74) is 0.324. The van der Waals surface area contributed by atoms with Crippen molar-refractivity contribution in [3.05, 3.63) is 58.3 Å². The van der Waals surface area contributed by atoms with Gasteiger partial charge < -0.3 is 10.2 Å². The molecule has 0 radical (unpaired) electrons. The van der Waals surface area contributed by atoms with Crippen molar-refractivity contribution >= 4 is 52.5 Å². The summed E-state index contributed by atoms with van der Waals surface area (Å²) in [5.74, 6) is -0.448.